The van der Waals surface area contributed by atoms with E-state index in [-0.39, 0.29) is 23.8 Å². The second-order valence-corrected chi connectivity index (χ2v) is 5.34. The molecule has 0 bridgehead atoms. The van der Waals surface area contributed by atoms with E-state index in [1.165, 1.54) is 6.92 Å². The van der Waals surface area contributed by atoms with Gasteiger partial charge in [0.25, 0.3) is 5.91 Å². The van der Waals surface area contributed by atoms with Crippen molar-refractivity contribution >= 4 is 17.5 Å². The highest BCUT2D eigenvalue weighted by Crippen LogP contribution is 2.19. The first-order valence-electron chi connectivity index (χ1n) is 6.82. The van der Waals surface area contributed by atoms with Gasteiger partial charge in [-0.1, -0.05) is 6.92 Å². The molecule has 1 aromatic rings. The minimum atomic E-state index is -0.318. The first-order valence-corrected chi connectivity index (χ1v) is 6.82. The Bertz CT molecular complexity index is 498. The summed E-state index contributed by atoms with van der Waals surface area (Å²) in [5.41, 5.74) is 1.28. The van der Waals surface area contributed by atoms with Crippen molar-refractivity contribution in [3.8, 4) is 0 Å². The molecule has 2 N–H and O–H groups in total. The van der Waals surface area contributed by atoms with Gasteiger partial charge in [0.2, 0.25) is 5.91 Å². The highest BCUT2D eigenvalue weighted by atomic mass is 16.3. The fourth-order valence-electron chi connectivity index (χ4n) is 2.40. The van der Waals surface area contributed by atoms with Crippen LogP contribution in [0.2, 0.25) is 0 Å². The Hall–Kier alpha value is -1.88. The second-order valence-electron chi connectivity index (χ2n) is 5.34. The van der Waals surface area contributed by atoms with E-state index < -0.39 is 0 Å². The average molecular weight is 276 g/mol. The van der Waals surface area contributed by atoms with Gasteiger partial charge in [0.15, 0.2) is 0 Å². The van der Waals surface area contributed by atoms with E-state index in [4.69, 9.17) is 0 Å². The van der Waals surface area contributed by atoms with Crippen LogP contribution in [0, 0.1) is 5.92 Å². The zero-order valence-electron chi connectivity index (χ0n) is 11.8. The molecule has 2 atom stereocenters. The van der Waals surface area contributed by atoms with Crippen LogP contribution in [0.15, 0.2) is 24.3 Å². The Balaban J connectivity index is 2.04. The van der Waals surface area contributed by atoms with Crippen molar-refractivity contribution in [2.24, 2.45) is 5.92 Å². The number of piperidine rings is 1. The van der Waals surface area contributed by atoms with Crippen molar-refractivity contribution in [2.45, 2.75) is 26.4 Å². The number of nitrogens with one attached hydrogen (secondary N) is 1. The number of benzene rings is 1. The largest absolute Gasteiger partial charge is 0.393 e. The van der Waals surface area contributed by atoms with Gasteiger partial charge in [-0.05, 0) is 36.6 Å². The van der Waals surface area contributed by atoms with Crippen LogP contribution in [0.4, 0.5) is 5.69 Å². The summed E-state index contributed by atoms with van der Waals surface area (Å²) in [6.07, 6.45) is 0.304. The van der Waals surface area contributed by atoms with Gasteiger partial charge in [0.1, 0.15) is 0 Å². The molecule has 2 unspecified atom stereocenters. The van der Waals surface area contributed by atoms with Gasteiger partial charge in [0.05, 0.1) is 6.10 Å². The molecule has 0 saturated carbocycles. The zero-order valence-corrected chi connectivity index (χ0v) is 11.8. The number of anilines is 1. The third kappa shape index (κ3) is 3.36. The molecule has 0 radical (unpaired) electrons. The molecule has 5 nitrogen and oxygen atoms in total. The second kappa shape index (κ2) is 6.05. The SMILES string of the molecule is CC(=O)Nc1ccc(C(=O)N2CCC(O)C(C)C2)cc1. The zero-order chi connectivity index (χ0) is 14.7. The highest BCUT2D eigenvalue weighted by Gasteiger charge is 2.27. The number of likely N-dealkylation sites (tertiary alicyclic amines) is 1. The van der Waals surface area contributed by atoms with Gasteiger partial charge in [-0.25, -0.2) is 0 Å². The van der Waals surface area contributed by atoms with Gasteiger partial charge in [0, 0.05) is 31.3 Å². The van der Waals surface area contributed by atoms with E-state index in [1.807, 2.05) is 6.92 Å². The number of aliphatic hydroxyl groups excluding tert-OH is 1. The predicted octanol–water partition coefficient (Wildman–Crippen LogP) is 1.49. The van der Waals surface area contributed by atoms with Crippen LogP contribution < -0.4 is 5.32 Å². The molecule has 1 saturated heterocycles. The van der Waals surface area contributed by atoms with Gasteiger partial charge in [-0.3, -0.25) is 9.59 Å². The van der Waals surface area contributed by atoms with E-state index in [9.17, 15) is 14.7 Å². The molecular weight excluding hydrogens is 256 g/mol. The fourth-order valence-corrected chi connectivity index (χ4v) is 2.40. The van der Waals surface area contributed by atoms with Crippen LogP contribution in [0.1, 0.15) is 30.6 Å². The van der Waals surface area contributed by atoms with E-state index in [0.717, 1.165) is 0 Å². The Labute approximate surface area is 118 Å². The lowest BCUT2D eigenvalue weighted by Crippen LogP contribution is -2.44. The Morgan fingerprint density at radius 2 is 1.95 bits per heavy atom. The molecule has 20 heavy (non-hydrogen) atoms. The maximum absolute atomic E-state index is 12.3. The summed E-state index contributed by atoms with van der Waals surface area (Å²) in [5.74, 6) is -0.0626. The molecule has 0 aromatic heterocycles. The lowest BCUT2D eigenvalue weighted by Gasteiger charge is -2.34. The highest BCUT2D eigenvalue weighted by molar-refractivity contribution is 5.95. The molecule has 108 valence electrons. The molecule has 1 aliphatic rings. The lowest BCUT2D eigenvalue weighted by atomic mass is 9.96. The molecule has 0 aliphatic carbocycles. The van der Waals surface area contributed by atoms with Crippen molar-refractivity contribution in [3.05, 3.63) is 29.8 Å². The maximum atomic E-state index is 12.3. The van der Waals surface area contributed by atoms with Crippen LogP contribution in [0.5, 0.6) is 0 Å². The molecular formula is C15H20N2O3. The third-order valence-electron chi connectivity index (χ3n) is 3.60. The van der Waals surface area contributed by atoms with E-state index in [0.29, 0.717) is 30.8 Å². The van der Waals surface area contributed by atoms with Crippen LogP contribution in [0.3, 0.4) is 0 Å². The fraction of sp³-hybridized carbons (Fsp3) is 0.467. The summed E-state index contributed by atoms with van der Waals surface area (Å²) >= 11 is 0. The number of amides is 2. The van der Waals surface area contributed by atoms with Crippen LogP contribution in [0.25, 0.3) is 0 Å². The first kappa shape index (κ1) is 14.5. The summed E-state index contributed by atoms with van der Waals surface area (Å²) < 4.78 is 0. The first-order chi connectivity index (χ1) is 9.47. The Kier molecular flexibility index (Phi) is 4.39. The van der Waals surface area contributed by atoms with Crippen LogP contribution in [-0.4, -0.2) is 41.0 Å². The van der Waals surface area contributed by atoms with Crippen LogP contribution in [-0.2, 0) is 4.79 Å². The molecule has 1 heterocycles. The number of hydrogen-bond acceptors (Lipinski definition) is 3. The van der Waals surface area contributed by atoms with E-state index in [2.05, 4.69) is 5.32 Å². The molecule has 2 amide bonds. The monoisotopic (exact) mass is 276 g/mol. The molecule has 1 fully saturated rings. The normalized spacial score (nSPS) is 22.4. The molecule has 0 spiro atoms. The number of rotatable bonds is 2. The minimum Gasteiger partial charge on any atom is -0.393 e. The summed E-state index contributed by atoms with van der Waals surface area (Å²) in [7, 11) is 0. The van der Waals surface area contributed by atoms with Crippen molar-refractivity contribution in [3.63, 3.8) is 0 Å². The van der Waals surface area contributed by atoms with Gasteiger partial charge >= 0.3 is 0 Å². The lowest BCUT2D eigenvalue weighted by molar-refractivity contribution is -0.114. The van der Waals surface area contributed by atoms with Crippen molar-refractivity contribution in [1.29, 1.82) is 0 Å². The van der Waals surface area contributed by atoms with Gasteiger partial charge in [-0.2, -0.15) is 0 Å². The Morgan fingerprint density at radius 3 is 2.50 bits per heavy atom. The Morgan fingerprint density at radius 1 is 1.30 bits per heavy atom. The smallest absolute Gasteiger partial charge is 0.253 e. The quantitative estimate of drug-likeness (QED) is 0.859. The topological polar surface area (TPSA) is 69.6 Å². The van der Waals surface area contributed by atoms with Gasteiger partial charge < -0.3 is 15.3 Å². The number of aliphatic hydroxyl groups is 1. The molecule has 2 rings (SSSR count). The van der Waals surface area contributed by atoms with E-state index in [1.54, 1.807) is 29.2 Å². The molecule has 5 heteroatoms. The number of nitrogens with zero attached hydrogens (tertiary/aromatic N) is 1. The standard InChI is InChI=1S/C15H20N2O3/c1-10-9-17(8-7-14(10)19)15(20)12-3-5-13(6-4-12)16-11(2)18/h3-6,10,14,19H,7-9H2,1-2H3,(H,16,18). The summed E-state index contributed by atoms with van der Waals surface area (Å²) in [6.45, 7) is 4.55. The number of carbonyl (C=O) groups excluding carboxylic acids is 2. The summed E-state index contributed by atoms with van der Waals surface area (Å²) in [4.78, 5) is 25.0. The van der Waals surface area contributed by atoms with Gasteiger partial charge in [-0.15, -0.1) is 0 Å². The molecule has 1 aromatic carbocycles. The average Bonchev–Trinajstić information content (AvgIpc) is 2.41. The van der Waals surface area contributed by atoms with Crippen molar-refractivity contribution in [1.82, 2.24) is 4.90 Å². The number of carbonyl (C=O) groups is 2. The van der Waals surface area contributed by atoms with Crippen molar-refractivity contribution in [2.75, 3.05) is 18.4 Å². The summed E-state index contributed by atoms with van der Waals surface area (Å²) in [5, 5.41) is 12.4. The minimum absolute atomic E-state index is 0.0295. The summed E-state index contributed by atoms with van der Waals surface area (Å²) in [6, 6.07) is 6.86. The maximum Gasteiger partial charge on any atom is 0.253 e. The van der Waals surface area contributed by atoms with Crippen LogP contribution >= 0.6 is 0 Å². The number of hydrogen-bond donors (Lipinski definition) is 2. The third-order valence-corrected chi connectivity index (χ3v) is 3.60. The van der Waals surface area contributed by atoms with E-state index >= 15 is 0 Å². The molecule has 1 aliphatic heterocycles. The predicted molar refractivity (Wildman–Crippen MR) is 76.4 cm³/mol. The van der Waals surface area contributed by atoms with Crippen molar-refractivity contribution < 1.29 is 14.7 Å².